The molecule has 15 heavy (non-hydrogen) atoms. The van der Waals surface area contributed by atoms with Gasteiger partial charge >= 0.3 is 0 Å². The van der Waals surface area contributed by atoms with Gasteiger partial charge in [0.2, 0.25) is 0 Å². The first kappa shape index (κ1) is 10.2. The quantitative estimate of drug-likeness (QED) is 0.833. The summed E-state index contributed by atoms with van der Waals surface area (Å²) in [5, 5.41) is 4.01. The fraction of sp³-hybridized carbons (Fsp3) is 0.333. The van der Waals surface area contributed by atoms with Gasteiger partial charge in [-0.1, -0.05) is 6.07 Å². The lowest BCUT2D eigenvalue weighted by Crippen LogP contribution is -2.29. The van der Waals surface area contributed by atoms with E-state index in [4.69, 9.17) is 4.42 Å². The summed E-state index contributed by atoms with van der Waals surface area (Å²) in [6.07, 6.45) is 2.37. The molecule has 3 heteroatoms. The topological polar surface area (TPSA) is 25.2 Å². The largest absolute Gasteiger partial charge is 0.464 e. The Balaban J connectivity index is 2.20. The summed E-state index contributed by atoms with van der Waals surface area (Å²) in [4.78, 5) is 0. The van der Waals surface area contributed by atoms with Crippen molar-refractivity contribution >= 4 is 11.0 Å². The van der Waals surface area contributed by atoms with Gasteiger partial charge in [0.25, 0.3) is 0 Å². The van der Waals surface area contributed by atoms with Crippen molar-refractivity contribution in [3.05, 3.63) is 36.1 Å². The summed E-state index contributed by atoms with van der Waals surface area (Å²) >= 11 is 0. The van der Waals surface area contributed by atoms with Crippen LogP contribution in [0.4, 0.5) is 4.39 Å². The molecular weight excluding hydrogens is 193 g/mol. The van der Waals surface area contributed by atoms with Gasteiger partial charge in [0, 0.05) is 11.4 Å². The molecular formula is C12H14FNO. The molecule has 0 bridgehead atoms. The first-order valence-electron chi connectivity index (χ1n) is 5.03. The Morgan fingerprint density at radius 2 is 2.27 bits per heavy atom. The number of benzene rings is 1. The van der Waals surface area contributed by atoms with Gasteiger partial charge in [-0.25, -0.2) is 4.39 Å². The van der Waals surface area contributed by atoms with Crippen LogP contribution < -0.4 is 5.32 Å². The molecule has 1 N–H and O–H groups in total. The number of rotatable bonds is 4. The van der Waals surface area contributed by atoms with Crippen LogP contribution in [-0.4, -0.2) is 19.8 Å². The fourth-order valence-electron chi connectivity index (χ4n) is 1.66. The zero-order valence-electron chi connectivity index (χ0n) is 8.66. The Morgan fingerprint density at radius 1 is 1.40 bits per heavy atom. The molecule has 0 aliphatic carbocycles. The molecule has 2 aromatic rings. The number of alkyl halides is 1. The molecule has 2 rings (SSSR count). The highest BCUT2D eigenvalue weighted by atomic mass is 19.1. The molecule has 2 nitrogen and oxygen atoms in total. The van der Waals surface area contributed by atoms with Crippen molar-refractivity contribution in [1.82, 2.24) is 5.32 Å². The SMILES string of the molecule is CN[C@@H](CF)Cc1ccc2occc2c1. The van der Waals surface area contributed by atoms with Crippen LogP contribution in [0.3, 0.4) is 0 Å². The molecule has 0 fully saturated rings. The van der Waals surface area contributed by atoms with Gasteiger partial charge < -0.3 is 9.73 Å². The lowest BCUT2D eigenvalue weighted by Gasteiger charge is -2.11. The van der Waals surface area contributed by atoms with E-state index in [1.54, 1.807) is 13.3 Å². The Bertz CT molecular complexity index is 434. The van der Waals surface area contributed by atoms with E-state index in [2.05, 4.69) is 5.32 Å². The zero-order valence-corrected chi connectivity index (χ0v) is 8.66. The van der Waals surface area contributed by atoms with Gasteiger partial charge in [-0.2, -0.15) is 0 Å². The Kier molecular flexibility index (Phi) is 3.02. The Labute approximate surface area is 88.1 Å². The van der Waals surface area contributed by atoms with E-state index in [1.807, 2.05) is 24.3 Å². The maximum atomic E-state index is 12.5. The third-order valence-corrected chi connectivity index (χ3v) is 2.59. The number of likely N-dealkylation sites (N-methyl/N-ethyl adjacent to an activating group) is 1. The Morgan fingerprint density at radius 3 is 3.00 bits per heavy atom. The van der Waals surface area contributed by atoms with Crippen LogP contribution in [0.1, 0.15) is 5.56 Å². The summed E-state index contributed by atoms with van der Waals surface area (Å²) in [7, 11) is 1.78. The van der Waals surface area contributed by atoms with Crippen LogP contribution in [0.15, 0.2) is 34.9 Å². The van der Waals surface area contributed by atoms with Gasteiger partial charge in [0.05, 0.1) is 6.26 Å². The summed E-state index contributed by atoms with van der Waals surface area (Å²) in [5.74, 6) is 0. The van der Waals surface area contributed by atoms with Gasteiger partial charge in [-0.3, -0.25) is 0 Å². The second-order valence-electron chi connectivity index (χ2n) is 3.64. The van der Waals surface area contributed by atoms with Crippen molar-refractivity contribution in [2.75, 3.05) is 13.7 Å². The van der Waals surface area contributed by atoms with Crippen LogP contribution >= 0.6 is 0 Å². The average molecular weight is 207 g/mol. The number of hydrogen-bond acceptors (Lipinski definition) is 2. The molecule has 1 aromatic heterocycles. The van der Waals surface area contributed by atoms with Crippen LogP contribution in [0.5, 0.6) is 0 Å². The number of fused-ring (bicyclic) bond motifs is 1. The monoisotopic (exact) mass is 207 g/mol. The van der Waals surface area contributed by atoms with E-state index in [1.165, 1.54) is 0 Å². The van der Waals surface area contributed by atoms with E-state index in [-0.39, 0.29) is 12.7 Å². The second kappa shape index (κ2) is 4.45. The maximum absolute atomic E-state index is 12.5. The van der Waals surface area contributed by atoms with Crippen molar-refractivity contribution < 1.29 is 8.81 Å². The molecule has 0 saturated heterocycles. The second-order valence-corrected chi connectivity index (χ2v) is 3.64. The fourth-order valence-corrected chi connectivity index (χ4v) is 1.66. The summed E-state index contributed by atoms with van der Waals surface area (Å²) in [5.41, 5.74) is 2.00. The highest BCUT2D eigenvalue weighted by Gasteiger charge is 2.07. The smallest absolute Gasteiger partial charge is 0.133 e. The van der Waals surface area contributed by atoms with Crippen molar-refractivity contribution in [1.29, 1.82) is 0 Å². The predicted molar refractivity (Wildman–Crippen MR) is 58.7 cm³/mol. The van der Waals surface area contributed by atoms with Crippen LogP contribution in [-0.2, 0) is 6.42 Å². The molecule has 0 spiro atoms. The molecule has 1 aromatic carbocycles. The van der Waals surface area contributed by atoms with Crippen LogP contribution in [0.25, 0.3) is 11.0 Å². The highest BCUT2D eigenvalue weighted by molar-refractivity contribution is 5.77. The number of hydrogen-bond donors (Lipinski definition) is 1. The van der Waals surface area contributed by atoms with Gasteiger partial charge in [-0.05, 0) is 37.2 Å². The molecule has 80 valence electrons. The van der Waals surface area contributed by atoms with Crippen molar-refractivity contribution in [3.63, 3.8) is 0 Å². The standard InChI is InChI=1S/C12H14FNO/c1-14-11(8-13)7-9-2-3-12-10(6-9)4-5-15-12/h2-6,11,14H,7-8H2,1H3/t11-/m1/s1. The predicted octanol–water partition coefficient (Wildman–Crippen LogP) is 2.53. The van der Waals surface area contributed by atoms with Crippen LogP contribution in [0.2, 0.25) is 0 Å². The summed E-state index contributed by atoms with van der Waals surface area (Å²) < 4.78 is 17.8. The lowest BCUT2D eigenvalue weighted by molar-refractivity contribution is 0.389. The normalized spacial score (nSPS) is 13.2. The highest BCUT2D eigenvalue weighted by Crippen LogP contribution is 2.17. The first-order chi connectivity index (χ1) is 7.33. The van der Waals surface area contributed by atoms with E-state index in [9.17, 15) is 4.39 Å². The van der Waals surface area contributed by atoms with E-state index < -0.39 is 0 Å². The van der Waals surface area contributed by atoms with E-state index in [0.717, 1.165) is 16.5 Å². The van der Waals surface area contributed by atoms with Gasteiger partial charge in [0.1, 0.15) is 12.3 Å². The van der Waals surface area contributed by atoms with E-state index >= 15 is 0 Å². The average Bonchev–Trinajstić information content (AvgIpc) is 2.73. The minimum Gasteiger partial charge on any atom is -0.464 e. The number of halogens is 1. The molecule has 1 heterocycles. The van der Waals surface area contributed by atoms with Crippen molar-refractivity contribution in [2.24, 2.45) is 0 Å². The first-order valence-corrected chi connectivity index (χ1v) is 5.03. The van der Waals surface area contributed by atoms with Gasteiger partial charge in [0.15, 0.2) is 0 Å². The van der Waals surface area contributed by atoms with Crippen LogP contribution in [0, 0.1) is 0 Å². The van der Waals surface area contributed by atoms with E-state index in [0.29, 0.717) is 6.42 Å². The molecule has 1 atom stereocenters. The molecule has 0 aliphatic rings. The summed E-state index contributed by atoms with van der Waals surface area (Å²) in [6.45, 7) is -0.347. The van der Waals surface area contributed by atoms with Crippen molar-refractivity contribution in [2.45, 2.75) is 12.5 Å². The molecule has 0 amide bonds. The zero-order chi connectivity index (χ0) is 10.7. The summed E-state index contributed by atoms with van der Waals surface area (Å²) in [6, 6.07) is 7.76. The third-order valence-electron chi connectivity index (χ3n) is 2.59. The maximum Gasteiger partial charge on any atom is 0.133 e. The number of furan rings is 1. The Hall–Kier alpha value is -1.35. The molecule has 0 unspecified atom stereocenters. The van der Waals surface area contributed by atoms with Gasteiger partial charge in [-0.15, -0.1) is 0 Å². The minimum absolute atomic E-state index is 0.102. The third kappa shape index (κ3) is 2.18. The van der Waals surface area contributed by atoms with Crippen molar-refractivity contribution in [3.8, 4) is 0 Å². The lowest BCUT2D eigenvalue weighted by atomic mass is 10.1. The molecule has 0 radical (unpaired) electrons. The number of nitrogens with one attached hydrogen (secondary N) is 1. The minimum atomic E-state index is -0.347. The molecule has 0 saturated carbocycles. The molecule has 0 aliphatic heterocycles.